The zero-order valence-electron chi connectivity index (χ0n) is 15.6. The molecule has 0 spiro atoms. The van der Waals surface area contributed by atoms with Crippen LogP contribution in [0.3, 0.4) is 0 Å². The van der Waals surface area contributed by atoms with E-state index in [1.54, 1.807) is 23.4 Å². The Morgan fingerprint density at radius 1 is 1.07 bits per heavy atom. The van der Waals surface area contributed by atoms with Crippen molar-refractivity contribution in [2.45, 2.75) is 19.9 Å². The number of amides is 3. The molecule has 8 nitrogen and oxygen atoms in total. The van der Waals surface area contributed by atoms with Gasteiger partial charge in [-0.15, -0.1) is 0 Å². The Labute approximate surface area is 158 Å². The van der Waals surface area contributed by atoms with Crippen LogP contribution in [0.25, 0.3) is 0 Å². The molecule has 3 amide bonds. The lowest BCUT2D eigenvalue weighted by Crippen LogP contribution is -2.52. The Hall–Kier alpha value is -3.16. The predicted molar refractivity (Wildman–Crippen MR) is 104 cm³/mol. The molecule has 0 radical (unpaired) electrons. The predicted octanol–water partition coefficient (Wildman–Crippen LogP) is 2.03. The van der Waals surface area contributed by atoms with Gasteiger partial charge in [0.15, 0.2) is 0 Å². The average Bonchev–Trinajstić information content (AvgIpc) is 2.68. The van der Waals surface area contributed by atoms with Crippen LogP contribution in [0.1, 0.15) is 25.5 Å². The Morgan fingerprint density at radius 3 is 2.44 bits per heavy atom. The first-order valence-electron chi connectivity index (χ1n) is 8.98. The van der Waals surface area contributed by atoms with Gasteiger partial charge in [0.05, 0.1) is 6.04 Å². The summed E-state index contributed by atoms with van der Waals surface area (Å²) in [7, 11) is 0. The minimum Gasteiger partial charge on any atom is -0.337 e. The topological polar surface area (TPSA) is 90.5 Å². The summed E-state index contributed by atoms with van der Waals surface area (Å²) in [6, 6.07) is 9.02. The number of anilines is 2. The second kappa shape index (κ2) is 8.48. The highest BCUT2D eigenvalue weighted by Gasteiger charge is 2.23. The number of nitrogens with one attached hydrogen (secondary N) is 2. The average molecular weight is 368 g/mol. The molecule has 27 heavy (non-hydrogen) atoms. The van der Waals surface area contributed by atoms with Crippen molar-refractivity contribution < 1.29 is 9.59 Å². The van der Waals surface area contributed by atoms with Gasteiger partial charge in [-0.1, -0.05) is 12.1 Å². The SMILES string of the molecule is CC(=O)Nc1cccc([C@H](C)NC(=O)N2CCN(c3ncccn3)CC2)c1. The van der Waals surface area contributed by atoms with Crippen molar-refractivity contribution in [2.75, 3.05) is 36.4 Å². The second-order valence-corrected chi connectivity index (χ2v) is 6.50. The molecule has 2 aromatic rings. The molecule has 2 heterocycles. The smallest absolute Gasteiger partial charge is 0.317 e. The van der Waals surface area contributed by atoms with Crippen molar-refractivity contribution in [3.8, 4) is 0 Å². The van der Waals surface area contributed by atoms with E-state index in [1.165, 1.54) is 6.92 Å². The summed E-state index contributed by atoms with van der Waals surface area (Å²) in [6.07, 6.45) is 3.44. The van der Waals surface area contributed by atoms with E-state index in [4.69, 9.17) is 0 Å². The van der Waals surface area contributed by atoms with Crippen LogP contribution < -0.4 is 15.5 Å². The summed E-state index contributed by atoms with van der Waals surface area (Å²) in [5.41, 5.74) is 1.66. The number of carbonyl (C=O) groups excluding carboxylic acids is 2. The number of benzene rings is 1. The van der Waals surface area contributed by atoms with Gasteiger partial charge in [-0.25, -0.2) is 14.8 Å². The molecule has 3 rings (SSSR count). The van der Waals surface area contributed by atoms with Gasteiger partial charge in [-0.3, -0.25) is 4.79 Å². The molecule has 0 bridgehead atoms. The molecule has 0 aliphatic carbocycles. The maximum Gasteiger partial charge on any atom is 0.317 e. The van der Waals surface area contributed by atoms with Crippen molar-refractivity contribution in [3.05, 3.63) is 48.3 Å². The normalized spacial score (nSPS) is 15.2. The van der Waals surface area contributed by atoms with Gasteiger partial charge < -0.3 is 20.4 Å². The monoisotopic (exact) mass is 368 g/mol. The van der Waals surface area contributed by atoms with E-state index in [9.17, 15) is 9.59 Å². The highest BCUT2D eigenvalue weighted by Crippen LogP contribution is 2.18. The number of hydrogen-bond donors (Lipinski definition) is 2. The molecule has 1 aliphatic rings. The Kier molecular flexibility index (Phi) is 5.85. The molecule has 1 aromatic carbocycles. The van der Waals surface area contributed by atoms with Crippen LogP contribution in [-0.2, 0) is 4.79 Å². The van der Waals surface area contributed by atoms with Crippen LogP contribution >= 0.6 is 0 Å². The molecule has 2 N–H and O–H groups in total. The summed E-state index contributed by atoms with van der Waals surface area (Å²) < 4.78 is 0. The largest absolute Gasteiger partial charge is 0.337 e. The van der Waals surface area contributed by atoms with Crippen molar-refractivity contribution in [1.29, 1.82) is 0 Å². The fourth-order valence-electron chi connectivity index (χ4n) is 3.01. The minimum absolute atomic E-state index is 0.0962. The molecule has 142 valence electrons. The molecule has 1 aliphatic heterocycles. The van der Waals surface area contributed by atoms with Crippen LogP contribution in [0.5, 0.6) is 0 Å². The first kappa shape index (κ1) is 18.6. The summed E-state index contributed by atoms with van der Waals surface area (Å²) >= 11 is 0. The van der Waals surface area contributed by atoms with Crippen molar-refractivity contribution in [1.82, 2.24) is 20.2 Å². The van der Waals surface area contributed by atoms with E-state index in [1.807, 2.05) is 31.2 Å². The third-order valence-corrected chi connectivity index (χ3v) is 4.45. The maximum absolute atomic E-state index is 12.6. The van der Waals surface area contributed by atoms with E-state index in [-0.39, 0.29) is 18.0 Å². The zero-order chi connectivity index (χ0) is 19.2. The highest BCUT2D eigenvalue weighted by atomic mass is 16.2. The van der Waals surface area contributed by atoms with Crippen molar-refractivity contribution in [3.63, 3.8) is 0 Å². The second-order valence-electron chi connectivity index (χ2n) is 6.50. The molecule has 1 atom stereocenters. The van der Waals surface area contributed by atoms with E-state index >= 15 is 0 Å². The van der Waals surface area contributed by atoms with Gasteiger partial charge in [-0.2, -0.15) is 0 Å². The van der Waals surface area contributed by atoms with Gasteiger partial charge in [0.2, 0.25) is 11.9 Å². The molecular formula is C19H24N6O2. The van der Waals surface area contributed by atoms with Gasteiger partial charge in [-0.05, 0) is 30.7 Å². The first-order valence-corrected chi connectivity index (χ1v) is 8.98. The number of urea groups is 1. The van der Waals surface area contributed by atoms with Gasteiger partial charge in [0.25, 0.3) is 0 Å². The van der Waals surface area contributed by atoms with Gasteiger partial charge in [0, 0.05) is 51.2 Å². The number of hydrogen-bond acceptors (Lipinski definition) is 5. The van der Waals surface area contributed by atoms with E-state index < -0.39 is 0 Å². The molecule has 1 fully saturated rings. The Morgan fingerprint density at radius 2 is 1.78 bits per heavy atom. The lowest BCUT2D eigenvalue weighted by molar-refractivity contribution is -0.114. The molecule has 1 saturated heterocycles. The molecular weight excluding hydrogens is 344 g/mol. The highest BCUT2D eigenvalue weighted by molar-refractivity contribution is 5.88. The van der Waals surface area contributed by atoms with Crippen LogP contribution in [-0.4, -0.2) is 53.0 Å². The van der Waals surface area contributed by atoms with E-state index in [0.29, 0.717) is 32.1 Å². The fourth-order valence-corrected chi connectivity index (χ4v) is 3.01. The first-order chi connectivity index (χ1) is 13.0. The number of aromatic nitrogens is 2. The van der Waals surface area contributed by atoms with E-state index in [0.717, 1.165) is 11.3 Å². The molecule has 0 saturated carbocycles. The van der Waals surface area contributed by atoms with Crippen molar-refractivity contribution >= 4 is 23.6 Å². The quantitative estimate of drug-likeness (QED) is 0.862. The van der Waals surface area contributed by atoms with Crippen LogP contribution in [0.4, 0.5) is 16.4 Å². The van der Waals surface area contributed by atoms with Crippen LogP contribution in [0, 0.1) is 0 Å². The molecule has 8 heteroatoms. The molecule has 0 unspecified atom stereocenters. The summed E-state index contributed by atoms with van der Waals surface area (Å²) in [4.78, 5) is 36.2. The Balaban J connectivity index is 1.54. The zero-order valence-corrected chi connectivity index (χ0v) is 15.6. The number of rotatable bonds is 4. The summed E-state index contributed by atoms with van der Waals surface area (Å²) in [6.45, 7) is 6.02. The minimum atomic E-state index is -0.165. The van der Waals surface area contributed by atoms with Gasteiger partial charge >= 0.3 is 6.03 Å². The number of carbonyl (C=O) groups is 2. The third kappa shape index (κ3) is 4.93. The summed E-state index contributed by atoms with van der Waals surface area (Å²) in [5, 5.41) is 5.78. The van der Waals surface area contributed by atoms with Crippen molar-refractivity contribution in [2.24, 2.45) is 0 Å². The van der Waals surface area contributed by atoms with Crippen LogP contribution in [0.15, 0.2) is 42.7 Å². The lowest BCUT2D eigenvalue weighted by atomic mass is 10.1. The third-order valence-electron chi connectivity index (χ3n) is 4.45. The number of nitrogens with zero attached hydrogens (tertiary/aromatic N) is 4. The van der Waals surface area contributed by atoms with Gasteiger partial charge in [0.1, 0.15) is 0 Å². The number of piperazine rings is 1. The standard InChI is InChI=1S/C19H24N6O2/c1-14(16-5-3-6-17(13-16)23-15(2)26)22-19(27)25-11-9-24(10-12-25)18-20-7-4-8-21-18/h3-8,13-14H,9-12H2,1-2H3,(H,22,27)(H,23,26)/t14-/m0/s1. The maximum atomic E-state index is 12.6. The summed E-state index contributed by atoms with van der Waals surface area (Å²) in [5.74, 6) is 0.574. The van der Waals surface area contributed by atoms with E-state index in [2.05, 4.69) is 25.5 Å². The fraction of sp³-hybridized carbons (Fsp3) is 0.368. The molecule has 1 aromatic heterocycles. The lowest BCUT2D eigenvalue weighted by Gasteiger charge is -2.35. The Bertz CT molecular complexity index is 790. The van der Waals surface area contributed by atoms with Crippen LogP contribution in [0.2, 0.25) is 0 Å².